The van der Waals surface area contributed by atoms with Crippen molar-refractivity contribution in [3.63, 3.8) is 0 Å². The lowest BCUT2D eigenvalue weighted by Crippen LogP contribution is -2.47. The number of aliphatic hydroxyl groups excluding tert-OH is 1. The summed E-state index contributed by atoms with van der Waals surface area (Å²) in [5.74, 6) is -4.68. The molecule has 0 saturated carbocycles. The molecule has 0 spiro atoms. The molecule has 0 radical (unpaired) electrons. The van der Waals surface area contributed by atoms with Crippen LogP contribution in [0.5, 0.6) is 0 Å². The number of aliphatic carboxylic acids is 2. The summed E-state index contributed by atoms with van der Waals surface area (Å²) in [6, 6.07) is 2.79. The fourth-order valence-electron chi connectivity index (χ4n) is 3.01. The zero-order valence-corrected chi connectivity index (χ0v) is 18.5. The molecule has 0 saturated heterocycles. The van der Waals surface area contributed by atoms with Crippen molar-refractivity contribution in [3.8, 4) is 5.69 Å². The third kappa shape index (κ3) is 8.75. The summed E-state index contributed by atoms with van der Waals surface area (Å²) in [7, 11) is 0. The number of alkyl halides is 1. The van der Waals surface area contributed by atoms with Gasteiger partial charge in [0.1, 0.15) is 12.1 Å². The van der Waals surface area contributed by atoms with Crippen LogP contribution in [0.2, 0.25) is 0 Å². The molecule has 0 aliphatic heterocycles. The van der Waals surface area contributed by atoms with E-state index in [9.17, 15) is 28.7 Å². The van der Waals surface area contributed by atoms with Crippen LogP contribution in [0.1, 0.15) is 41.7 Å². The van der Waals surface area contributed by atoms with Gasteiger partial charge in [0.05, 0.1) is 30.7 Å². The van der Waals surface area contributed by atoms with E-state index in [2.05, 4.69) is 20.9 Å². The van der Waals surface area contributed by atoms with E-state index in [0.29, 0.717) is 24.2 Å². The van der Waals surface area contributed by atoms with Crippen LogP contribution < -0.4 is 10.6 Å². The third-order valence-corrected chi connectivity index (χ3v) is 4.84. The molecule has 0 bridgehead atoms. The number of hydrogen-bond acceptors (Lipinski definition) is 8. The molecular weight excluding hydrogens is 469 g/mol. The van der Waals surface area contributed by atoms with E-state index in [1.807, 2.05) is 0 Å². The SMILES string of the molecule is O=C(CC(NC(=O)c1ccc(-n2cc(CCCF)nn2)cc1)C(=O)O)NC(CCC(O)O)C(=O)O. The van der Waals surface area contributed by atoms with E-state index < -0.39 is 55.2 Å². The summed E-state index contributed by atoms with van der Waals surface area (Å²) in [5, 5.41) is 48.4. The number of rotatable bonds is 14. The number of hydrogen-bond donors (Lipinski definition) is 6. The molecule has 14 heteroatoms. The van der Waals surface area contributed by atoms with Gasteiger partial charge in [-0.3, -0.25) is 14.0 Å². The molecule has 0 aliphatic rings. The zero-order valence-electron chi connectivity index (χ0n) is 18.5. The Kier molecular flexibility index (Phi) is 10.2. The second kappa shape index (κ2) is 13.1. The highest BCUT2D eigenvalue weighted by Gasteiger charge is 2.27. The van der Waals surface area contributed by atoms with Crippen LogP contribution in [0.4, 0.5) is 4.39 Å². The summed E-state index contributed by atoms with van der Waals surface area (Å²) >= 11 is 0. The number of aromatic nitrogens is 3. The Balaban J connectivity index is 1.99. The van der Waals surface area contributed by atoms with E-state index in [1.165, 1.54) is 28.9 Å². The topological polar surface area (TPSA) is 204 Å². The lowest BCUT2D eigenvalue weighted by atomic mass is 10.1. The molecule has 0 fully saturated rings. The first-order chi connectivity index (χ1) is 16.6. The van der Waals surface area contributed by atoms with Crippen LogP contribution in [0.15, 0.2) is 30.5 Å². The molecule has 13 nitrogen and oxygen atoms in total. The number of nitrogens with one attached hydrogen (secondary N) is 2. The molecule has 2 rings (SSSR count). The van der Waals surface area contributed by atoms with E-state index in [4.69, 9.17) is 15.3 Å². The van der Waals surface area contributed by atoms with Crippen LogP contribution >= 0.6 is 0 Å². The number of halogens is 1. The average molecular weight is 495 g/mol. The van der Waals surface area contributed by atoms with Gasteiger partial charge in [0.2, 0.25) is 5.91 Å². The van der Waals surface area contributed by atoms with Crippen molar-refractivity contribution >= 4 is 23.8 Å². The Morgan fingerprint density at radius 2 is 1.63 bits per heavy atom. The number of amides is 2. The summed E-state index contributed by atoms with van der Waals surface area (Å²) in [6.07, 6.45) is -0.751. The standard InChI is InChI=1S/C21H26FN5O8/c22-9-1-2-13-11-27(26-25-13)14-5-3-12(4-6-14)19(31)24-16(21(34)35)10-17(28)23-15(20(32)33)7-8-18(29)30/h3-6,11,15-16,18,29-30H,1-2,7-10H2,(H,23,28)(H,24,31)(H,32,33)(H,34,35). The molecule has 6 N–H and O–H groups in total. The summed E-state index contributed by atoms with van der Waals surface area (Å²) in [4.78, 5) is 47.4. The van der Waals surface area contributed by atoms with Crippen molar-refractivity contribution in [2.75, 3.05) is 6.67 Å². The van der Waals surface area contributed by atoms with Gasteiger partial charge in [0.25, 0.3) is 5.91 Å². The molecule has 1 heterocycles. The third-order valence-electron chi connectivity index (χ3n) is 4.84. The molecule has 2 unspecified atom stereocenters. The Morgan fingerprint density at radius 1 is 0.971 bits per heavy atom. The number of nitrogens with zero attached hydrogens (tertiary/aromatic N) is 3. The van der Waals surface area contributed by atoms with Crippen molar-refractivity contribution in [3.05, 3.63) is 41.7 Å². The molecule has 2 amide bonds. The molecule has 1 aromatic carbocycles. The lowest BCUT2D eigenvalue weighted by molar-refractivity contribution is -0.143. The highest BCUT2D eigenvalue weighted by Crippen LogP contribution is 2.11. The number of carbonyl (C=O) groups excluding carboxylic acids is 2. The van der Waals surface area contributed by atoms with Crippen LogP contribution in [-0.2, 0) is 20.8 Å². The molecule has 190 valence electrons. The van der Waals surface area contributed by atoms with E-state index in [-0.39, 0.29) is 18.4 Å². The summed E-state index contributed by atoms with van der Waals surface area (Å²) < 4.78 is 13.7. The summed E-state index contributed by atoms with van der Waals surface area (Å²) in [6.45, 7) is -0.469. The Hall–Kier alpha value is -3.91. The van der Waals surface area contributed by atoms with Crippen molar-refractivity contribution in [2.45, 2.75) is 50.5 Å². The van der Waals surface area contributed by atoms with Gasteiger partial charge in [-0.2, -0.15) is 0 Å². The average Bonchev–Trinajstić information content (AvgIpc) is 3.28. The lowest BCUT2D eigenvalue weighted by Gasteiger charge is -2.18. The minimum Gasteiger partial charge on any atom is -0.480 e. The second-order valence-electron chi connectivity index (χ2n) is 7.58. The normalized spacial score (nSPS) is 12.7. The van der Waals surface area contributed by atoms with Crippen LogP contribution in [0, 0.1) is 0 Å². The van der Waals surface area contributed by atoms with Crippen LogP contribution in [0.25, 0.3) is 5.69 Å². The number of carboxylic acids is 2. The number of benzene rings is 1. The second-order valence-corrected chi connectivity index (χ2v) is 7.58. The van der Waals surface area contributed by atoms with Crippen LogP contribution in [-0.4, -0.2) is 84.2 Å². The van der Waals surface area contributed by atoms with Gasteiger partial charge in [-0.05, 0) is 43.5 Å². The largest absolute Gasteiger partial charge is 0.480 e. The minimum atomic E-state index is -1.76. The first-order valence-corrected chi connectivity index (χ1v) is 10.6. The van der Waals surface area contributed by atoms with E-state index >= 15 is 0 Å². The fourth-order valence-corrected chi connectivity index (χ4v) is 3.01. The highest BCUT2D eigenvalue weighted by atomic mass is 19.1. The Labute approximate surface area is 198 Å². The van der Waals surface area contributed by atoms with Gasteiger partial charge < -0.3 is 31.1 Å². The predicted octanol–water partition coefficient (Wildman–Crippen LogP) is -0.597. The maximum absolute atomic E-state index is 12.5. The minimum absolute atomic E-state index is 0.0959. The first kappa shape index (κ1) is 27.3. The van der Waals surface area contributed by atoms with Crippen molar-refractivity contribution < 1.29 is 44.0 Å². The maximum Gasteiger partial charge on any atom is 0.326 e. The molecular formula is C21H26FN5O8. The first-order valence-electron chi connectivity index (χ1n) is 10.6. The van der Waals surface area contributed by atoms with Gasteiger partial charge in [0, 0.05) is 12.0 Å². The van der Waals surface area contributed by atoms with Crippen LogP contribution in [0.3, 0.4) is 0 Å². The highest BCUT2D eigenvalue weighted by molar-refractivity contribution is 5.98. The fraction of sp³-hybridized carbons (Fsp3) is 0.429. The number of carboxylic acid groups (broad SMARTS) is 2. The number of carbonyl (C=O) groups is 4. The molecule has 35 heavy (non-hydrogen) atoms. The van der Waals surface area contributed by atoms with Gasteiger partial charge >= 0.3 is 11.9 Å². The quantitative estimate of drug-likeness (QED) is 0.184. The van der Waals surface area contributed by atoms with E-state index in [0.717, 1.165) is 0 Å². The molecule has 0 aliphatic carbocycles. The molecule has 2 atom stereocenters. The number of aryl methyl sites for hydroxylation is 1. The van der Waals surface area contributed by atoms with Crippen molar-refractivity contribution in [2.24, 2.45) is 0 Å². The zero-order chi connectivity index (χ0) is 26.0. The Bertz CT molecular complexity index is 1030. The van der Waals surface area contributed by atoms with Gasteiger partial charge in [-0.25, -0.2) is 14.3 Å². The van der Waals surface area contributed by atoms with Crippen molar-refractivity contribution in [1.29, 1.82) is 0 Å². The van der Waals surface area contributed by atoms with Gasteiger partial charge in [0.15, 0.2) is 6.29 Å². The molecule has 2 aromatic rings. The van der Waals surface area contributed by atoms with E-state index in [1.54, 1.807) is 6.20 Å². The summed E-state index contributed by atoms with van der Waals surface area (Å²) in [5.41, 5.74) is 1.26. The Morgan fingerprint density at radius 3 is 2.20 bits per heavy atom. The van der Waals surface area contributed by atoms with Crippen molar-refractivity contribution in [1.82, 2.24) is 25.6 Å². The van der Waals surface area contributed by atoms with Gasteiger partial charge in [-0.1, -0.05) is 5.21 Å². The smallest absolute Gasteiger partial charge is 0.326 e. The molecule has 1 aromatic heterocycles. The van der Waals surface area contributed by atoms with Gasteiger partial charge in [-0.15, -0.1) is 5.10 Å². The maximum atomic E-state index is 12.5. The predicted molar refractivity (Wildman–Crippen MR) is 116 cm³/mol. The number of aliphatic hydroxyl groups is 2. The monoisotopic (exact) mass is 495 g/mol.